The fraction of sp³-hybridized carbons (Fsp3) is 0.0370. The van der Waals surface area contributed by atoms with Gasteiger partial charge in [-0.1, -0.05) is 188 Å². The topological polar surface area (TPSA) is 0 Å². The molecule has 54 heavy (non-hydrogen) atoms. The fourth-order valence-electron chi connectivity index (χ4n) is 9.32. The summed E-state index contributed by atoms with van der Waals surface area (Å²) in [6.45, 7) is 0. The van der Waals surface area contributed by atoms with Crippen LogP contribution in [0, 0.1) is 0 Å². The molecule has 0 aromatic heterocycles. The van der Waals surface area contributed by atoms with E-state index < -0.39 is 0 Å². The van der Waals surface area contributed by atoms with Gasteiger partial charge in [0.25, 0.3) is 0 Å². The van der Waals surface area contributed by atoms with E-state index in [0.29, 0.717) is 0 Å². The van der Waals surface area contributed by atoms with Crippen molar-refractivity contribution in [1.82, 2.24) is 0 Å². The maximum Gasteiger partial charge on any atom is 0.00681 e. The summed E-state index contributed by atoms with van der Waals surface area (Å²) in [5, 5.41) is 15.6. The Kier molecular flexibility index (Phi) is 7.10. The predicted octanol–water partition coefficient (Wildman–Crippen LogP) is 15.1. The average Bonchev–Trinajstić information content (AvgIpc) is 3.25. The van der Waals surface area contributed by atoms with Crippen molar-refractivity contribution in [1.29, 1.82) is 0 Å². The summed E-state index contributed by atoms with van der Waals surface area (Å²) >= 11 is 0. The zero-order chi connectivity index (χ0) is 35.6. The molecule has 10 aromatic carbocycles. The van der Waals surface area contributed by atoms with Crippen molar-refractivity contribution >= 4 is 70.2 Å². The third-order valence-electron chi connectivity index (χ3n) is 11.7. The van der Waals surface area contributed by atoms with Crippen LogP contribution < -0.4 is 0 Å². The molecule has 0 amide bonds. The Balaban J connectivity index is 1.08. The van der Waals surface area contributed by atoms with Gasteiger partial charge >= 0.3 is 0 Å². The van der Waals surface area contributed by atoms with Gasteiger partial charge in [0, 0.05) is 5.92 Å². The molecule has 0 radical (unpaired) electrons. The molecular weight excluding hydrogens is 649 g/mol. The summed E-state index contributed by atoms with van der Waals surface area (Å²) in [6, 6.07) is 67.4. The van der Waals surface area contributed by atoms with Crippen molar-refractivity contribution in [3.8, 4) is 22.3 Å². The molecule has 10 aromatic rings. The van der Waals surface area contributed by atoms with Crippen LogP contribution in [0.3, 0.4) is 0 Å². The maximum absolute atomic E-state index is 2.53. The summed E-state index contributed by atoms with van der Waals surface area (Å²) in [5.41, 5.74) is 9.03. The normalized spacial score (nSPS) is 14.4. The molecule has 11 rings (SSSR count). The van der Waals surface area contributed by atoms with Crippen LogP contribution in [0.1, 0.15) is 23.5 Å². The Morgan fingerprint density at radius 2 is 0.796 bits per heavy atom. The second-order valence-corrected chi connectivity index (χ2v) is 14.7. The number of hydrogen-bond acceptors (Lipinski definition) is 0. The second kappa shape index (κ2) is 12.4. The van der Waals surface area contributed by atoms with E-state index in [0.717, 1.165) is 6.42 Å². The van der Waals surface area contributed by atoms with E-state index in [1.54, 1.807) is 0 Å². The van der Waals surface area contributed by atoms with E-state index >= 15 is 0 Å². The van der Waals surface area contributed by atoms with Crippen molar-refractivity contribution < 1.29 is 0 Å². The monoisotopic (exact) mass is 684 g/mol. The van der Waals surface area contributed by atoms with E-state index in [4.69, 9.17) is 0 Å². The highest BCUT2D eigenvalue weighted by atomic mass is 14.2. The van der Waals surface area contributed by atoms with Crippen molar-refractivity contribution in [2.45, 2.75) is 12.3 Å². The smallest absolute Gasteiger partial charge is 0.00681 e. The minimum Gasteiger partial charge on any atom is -0.0830 e. The lowest BCUT2D eigenvalue weighted by Gasteiger charge is -2.23. The Hall–Kier alpha value is -6.76. The number of benzene rings is 10. The molecule has 0 nitrogen and oxygen atoms in total. The van der Waals surface area contributed by atoms with E-state index in [9.17, 15) is 0 Å². The Bertz CT molecular complexity index is 3120. The first-order valence-electron chi connectivity index (χ1n) is 19.0. The van der Waals surface area contributed by atoms with Gasteiger partial charge in [0.1, 0.15) is 0 Å². The van der Waals surface area contributed by atoms with Gasteiger partial charge < -0.3 is 0 Å². The number of rotatable bonds is 4. The van der Waals surface area contributed by atoms with E-state index in [1.165, 1.54) is 104 Å². The van der Waals surface area contributed by atoms with E-state index in [1.807, 2.05) is 0 Å². The largest absolute Gasteiger partial charge is 0.0830 e. The molecule has 1 aliphatic carbocycles. The predicted molar refractivity (Wildman–Crippen MR) is 233 cm³/mol. The van der Waals surface area contributed by atoms with Crippen LogP contribution in [0.5, 0.6) is 0 Å². The second-order valence-electron chi connectivity index (χ2n) is 14.7. The summed E-state index contributed by atoms with van der Waals surface area (Å²) in [5.74, 6) is 0.274. The highest BCUT2D eigenvalue weighted by molar-refractivity contribution is 6.20. The molecule has 1 atom stereocenters. The van der Waals surface area contributed by atoms with Gasteiger partial charge in [-0.3, -0.25) is 0 Å². The van der Waals surface area contributed by atoms with Crippen LogP contribution in [-0.2, 0) is 0 Å². The van der Waals surface area contributed by atoms with Crippen LogP contribution in [0.4, 0.5) is 0 Å². The molecule has 0 spiro atoms. The first-order valence-corrected chi connectivity index (χ1v) is 19.0. The first kappa shape index (κ1) is 30.8. The molecule has 252 valence electrons. The Morgan fingerprint density at radius 1 is 0.352 bits per heavy atom. The van der Waals surface area contributed by atoms with Crippen molar-refractivity contribution in [3.05, 3.63) is 211 Å². The van der Waals surface area contributed by atoms with Gasteiger partial charge in [-0.15, -0.1) is 0 Å². The van der Waals surface area contributed by atoms with Gasteiger partial charge in [0.2, 0.25) is 0 Å². The quantitative estimate of drug-likeness (QED) is 0.128. The number of fused-ring (bicyclic) bond motifs is 8. The summed E-state index contributed by atoms with van der Waals surface area (Å²) in [7, 11) is 0. The van der Waals surface area contributed by atoms with Crippen LogP contribution >= 0.6 is 0 Å². The summed E-state index contributed by atoms with van der Waals surface area (Å²) < 4.78 is 0. The minimum absolute atomic E-state index is 0.274. The highest BCUT2D eigenvalue weighted by Crippen LogP contribution is 2.45. The molecule has 1 unspecified atom stereocenters. The van der Waals surface area contributed by atoms with Crippen LogP contribution in [-0.4, -0.2) is 0 Å². The van der Waals surface area contributed by atoms with Gasteiger partial charge in [0.15, 0.2) is 0 Å². The van der Waals surface area contributed by atoms with Crippen molar-refractivity contribution in [3.63, 3.8) is 0 Å². The Labute approximate surface area is 314 Å². The molecule has 0 bridgehead atoms. The molecule has 0 heteroatoms. The van der Waals surface area contributed by atoms with E-state index in [2.05, 4.69) is 200 Å². The van der Waals surface area contributed by atoms with Crippen LogP contribution in [0.15, 0.2) is 200 Å². The maximum atomic E-state index is 2.53. The molecule has 0 saturated heterocycles. The van der Waals surface area contributed by atoms with Crippen molar-refractivity contribution in [2.75, 3.05) is 0 Å². The van der Waals surface area contributed by atoms with Gasteiger partial charge in [-0.25, -0.2) is 0 Å². The highest BCUT2D eigenvalue weighted by Gasteiger charge is 2.22. The van der Waals surface area contributed by atoms with Crippen LogP contribution in [0.25, 0.3) is 92.5 Å². The molecule has 0 fully saturated rings. The third kappa shape index (κ3) is 4.84. The zero-order valence-corrected chi connectivity index (χ0v) is 29.8. The van der Waals surface area contributed by atoms with Crippen LogP contribution in [0.2, 0.25) is 0 Å². The molecule has 0 heterocycles. The van der Waals surface area contributed by atoms with Gasteiger partial charge in [-0.05, 0) is 122 Å². The lowest BCUT2D eigenvalue weighted by molar-refractivity contribution is 0.867. The zero-order valence-electron chi connectivity index (χ0n) is 29.8. The minimum atomic E-state index is 0.274. The Morgan fingerprint density at radius 3 is 1.41 bits per heavy atom. The fourth-order valence-corrected chi connectivity index (χ4v) is 9.32. The average molecular weight is 685 g/mol. The van der Waals surface area contributed by atoms with Crippen molar-refractivity contribution in [2.24, 2.45) is 0 Å². The number of hydrogen-bond donors (Lipinski definition) is 0. The lowest BCUT2D eigenvalue weighted by atomic mass is 9.80. The summed E-state index contributed by atoms with van der Waals surface area (Å²) in [6.07, 6.45) is 8.26. The lowest BCUT2D eigenvalue weighted by Crippen LogP contribution is -2.02. The standard InChI is InChI=1S/C54H36/c1-3-18-41-38(14-1)33-51(45-22-7-5-20-43(41)45)35-28-30-36(31-29-35)53-47-24-9-11-26-49(47)54(50-27-12-10-25-48(50)53)40-17-13-16-37(32-40)52-34-39-15-2-4-19-42(39)44-21-6-8-23-46(44)52/h1-15,17-34,37H,16H2. The molecular formula is C54H36. The molecule has 0 saturated carbocycles. The summed E-state index contributed by atoms with van der Waals surface area (Å²) in [4.78, 5) is 0. The molecule has 0 aliphatic heterocycles. The molecule has 1 aliphatic rings. The molecule has 0 N–H and O–H groups in total. The van der Waals surface area contributed by atoms with Gasteiger partial charge in [0.05, 0.1) is 0 Å². The number of allylic oxidation sites excluding steroid dienone is 4. The third-order valence-corrected chi connectivity index (χ3v) is 11.7. The van der Waals surface area contributed by atoms with Gasteiger partial charge in [-0.2, -0.15) is 0 Å². The SMILES string of the molecule is C1=CC(c2c3ccccc3c(-c3ccc(-c4cc5ccccc5c5ccccc45)cc3)c3ccccc23)=CC(c2cc3ccccc3c3ccccc23)C1. The van der Waals surface area contributed by atoms with E-state index in [-0.39, 0.29) is 5.92 Å². The first-order chi connectivity index (χ1) is 26.8.